The van der Waals surface area contributed by atoms with Crippen LogP contribution in [-0.4, -0.2) is 10.1 Å². The predicted molar refractivity (Wildman–Crippen MR) is 64.4 cm³/mol. The van der Waals surface area contributed by atoms with Crippen molar-refractivity contribution in [3.63, 3.8) is 0 Å². The van der Waals surface area contributed by atoms with Gasteiger partial charge in [-0.05, 0) is 38.5 Å². The lowest BCUT2D eigenvalue weighted by atomic mass is 9.89. The number of aromatic nitrogens is 2. The van der Waals surface area contributed by atoms with E-state index in [4.69, 9.17) is 10.3 Å². The SMILES string of the molecule is CC(N)(c1nc(C2CCCCC2)no1)C1CC1. The molecule has 4 nitrogen and oxygen atoms in total. The van der Waals surface area contributed by atoms with Gasteiger partial charge in [-0.25, -0.2) is 0 Å². The molecule has 0 saturated heterocycles. The van der Waals surface area contributed by atoms with Crippen LogP contribution in [0.2, 0.25) is 0 Å². The van der Waals surface area contributed by atoms with Gasteiger partial charge in [-0.2, -0.15) is 4.98 Å². The third kappa shape index (κ3) is 2.10. The second kappa shape index (κ2) is 4.09. The van der Waals surface area contributed by atoms with Crippen LogP contribution >= 0.6 is 0 Å². The van der Waals surface area contributed by atoms with Crippen LogP contribution in [0.3, 0.4) is 0 Å². The fourth-order valence-electron chi connectivity index (χ4n) is 2.84. The van der Waals surface area contributed by atoms with Crippen molar-refractivity contribution in [2.75, 3.05) is 0 Å². The van der Waals surface area contributed by atoms with Gasteiger partial charge in [0.2, 0.25) is 5.89 Å². The maximum atomic E-state index is 6.29. The number of hydrogen-bond acceptors (Lipinski definition) is 4. The van der Waals surface area contributed by atoms with E-state index in [-0.39, 0.29) is 0 Å². The van der Waals surface area contributed by atoms with E-state index in [2.05, 4.69) is 10.1 Å². The molecule has 3 rings (SSSR count). The molecule has 0 aromatic carbocycles. The minimum atomic E-state index is -0.417. The van der Waals surface area contributed by atoms with Crippen LogP contribution in [0.4, 0.5) is 0 Å². The van der Waals surface area contributed by atoms with Crippen molar-refractivity contribution in [2.45, 2.75) is 63.3 Å². The standard InChI is InChI=1S/C13H21N3O/c1-13(14,10-7-8-10)12-15-11(16-17-12)9-5-3-2-4-6-9/h9-10H,2-8,14H2,1H3. The number of nitrogens with two attached hydrogens (primary N) is 1. The third-order valence-corrected chi connectivity index (χ3v) is 4.30. The Kier molecular flexibility index (Phi) is 2.69. The Morgan fingerprint density at radius 2 is 1.88 bits per heavy atom. The van der Waals surface area contributed by atoms with E-state index in [9.17, 15) is 0 Å². The van der Waals surface area contributed by atoms with Crippen LogP contribution in [0.5, 0.6) is 0 Å². The van der Waals surface area contributed by atoms with Crippen LogP contribution in [-0.2, 0) is 5.54 Å². The fraction of sp³-hybridized carbons (Fsp3) is 0.846. The Morgan fingerprint density at radius 1 is 1.18 bits per heavy atom. The molecular formula is C13H21N3O. The first kappa shape index (κ1) is 11.2. The summed E-state index contributed by atoms with van der Waals surface area (Å²) in [5.74, 6) is 2.55. The lowest BCUT2D eigenvalue weighted by Gasteiger charge is -2.19. The highest BCUT2D eigenvalue weighted by Gasteiger charge is 2.44. The molecule has 4 heteroatoms. The monoisotopic (exact) mass is 235 g/mol. The van der Waals surface area contributed by atoms with Crippen LogP contribution in [0.1, 0.15) is 69.5 Å². The maximum absolute atomic E-state index is 6.29. The average molecular weight is 235 g/mol. The molecule has 1 heterocycles. The van der Waals surface area contributed by atoms with Crippen molar-refractivity contribution in [3.8, 4) is 0 Å². The van der Waals surface area contributed by atoms with E-state index in [0.717, 1.165) is 5.82 Å². The van der Waals surface area contributed by atoms with Gasteiger partial charge in [-0.15, -0.1) is 0 Å². The van der Waals surface area contributed by atoms with Gasteiger partial charge in [-0.3, -0.25) is 0 Å². The largest absolute Gasteiger partial charge is 0.337 e. The Morgan fingerprint density at radius 3 is 2.53 bits per heavy atom. The first-order valence-electron chi connectivity index (χ1n) is 6.81. The van der Waals surface area contributed by atoms with Crippen LogP contribution in [0.25, 0.3) is 0 Å². The number of nitrogens with zero attached hydrogens (tertiary/aromatic N) is 2. The predicted octanol–water partition coefficient (Wildman–Crippen LogP) is 2.70. The molecule has 1 aromatic rings. The Bertz CT molecular complexity index is 389. The molecule has 0 spiro atoms. The van der Waals surface area contributed by atoms with Gasteiger partial charge in [0.25, 0.3) is 0 Å². The van der Waals surface area contributed by atoms with E-state index >= 15 is 0 Å². The van der Waals surface area contributed by atoms with Gasteiger partial charge in [0, 0.05) is 5.92 Å². The summed E-state index contributed by atoms with van der Waals surface area (Å²) in [5.41, 5.74) is 5.87. The second-order valence-corrected chi connectivity index (χ2v) is 5.85. The summed E-state index contributed by atoms with van der Waals surface area (Å²) < 4.78 is 5.40. The van der Waals surface area contributed by atoms with Crippen molar-refractivity contribution < 1.29 is 4.52 Å². The average Bonchev–Trinajstić information content (AvgIpc) is 3.08. The first-order valence-corrected chi connectivity index (χ1v) is 6.81. The van der Waals surface area contributed by atoms with E-state index in [1.807, 2.05) is 6.92 Å². The van der Waals surface area contributed by atoms with E-state index in [1.54, 1.807) is 0 Å². The summed E-state index contributed by atoms with van der Waals surface area (Å²) in [4.78, 5) is 4.56. The molecule has 2 fully saturated rings. The van der Waals surface area contributed by atoms with Crippen molar-refractivity contribution in [2.24, 2.45) is 11.7 Å². The number of rotatable bonds is 3. The van der Waals surface area contributed by atoms with Gasteiger partial charge >= 0.3 is 0 Å². The number of hydrogen-bond donors (Lipinski definition) is 1. The normalized spacial score (nSPS) is 25.8. The zero-order valence-corrected chi connectivity index (χ0v) is 10.5. The molecule has 2 N–H and O–H groups in total. The van der Waals surface area contributed by atoms with Crippen LogP contribution < -0.4 is 5.73 Å². The first-order chi connectivity index (χ1) is 8.18. The second-order valence-electron chi connectivity index (χ2n) is 5.85. The zero-order chi connectivity index (χ0) is 11.9. The summed E-state index contributed by atoms with van der Waals surface area (Å²) in [6.45, 7) is 2.02. The Labute approximate surface area is 102 Å². The lowest BCUT2D eigenvalue weighted by molar-refractivity contribution is 0.270. The molecule has 2 aliphatic rings. The maximum Gasteiger partial charge on any atom is 0.246 e. The zero-order valence-electron chi connectivity index (χ0n) is 10.5. The topological polar surface area (TPSA) is 64.9 Å². The van der Waals surface area contributed by atoms with Crippen LogP contribution in [0, 0.1) is 5.92 Å². The van der Waals surface area contributed by atoms with E-state index in [0.29, 0.717) is 17.7 Å². The highest BCUT2D eigenvalue weighted by atomic mass is 16.5. The molecule has 0 aliphatic heterocycles. The molecule has 1 atom stereocenters. The van der Waals surface area contributed by atoms with Crippen molar-refractivity contribution in [1.82, 2.24) is 10.1 Å². The lowest BCUT2D eigenvalue weighted by Crippen LogP contribution is -2.35. The summed E-state index contributed by atoms with van der Waals surface area (Å²) in [6, 6.07) is 0. The summed E-state index contributed by atoms with van der Waals surface area (Å²) >= 11 is 0. The molecule has 1 aromatic heterocycles. The quantitative estimate of drug-likeness (QED) is 0.874. The molecule has 94 valence electrons. The van der Waals surface area contributed by atoms with Gasteiger partial charge in [0.05, 0.1) is 5.54 Å². The molecule has 2 saturated carbocycles. The minimum Gasteiger partial charge on any atom is -0.337 e. The molecular weight excluding hydrogens is 214 g/mol. The summed E-state index contributed by atoms with van der Waals surface area (Å²) in [7, 11) is 0. The fourth-order valence-corrected chi connectivity index (χ4v) is 2.84. The third-order valence-electron chi connectivity index (χ3n) is 4.30. The minimum absolute atomic E-state index is 0.417. The van der Waals surface area contributed by atoms with Crippen molar-refractivity contribution in [3.05, 3.63) is 11.7 Å². The van der Waals surface area contributed by atoms with E-state index < -0.39 is 5.54 Å². The molecule has 0 bridgehead atoms. The molecule has 2 aliphatic carbocycles. The van der Waals surface area contributed by atoms with Gasteiger partial charge in [-0.1, -0.05) is 24.4 Å². The van der Waals surface area contributed by atoms with Crippen LogP contribution in [0.15, 0.2) is 4.52 Å². The van der Waals surface area contributed by atoms with Crippen molar-refractivity contribution in [1.29, 1.82) is 0 Å². The highest BCUT2D eigenvalue weighted by Crippen LogP contribution is 2.43. The van der Waals surface area contributed by atoms with Gasteiger partial charge < -0.3 is 10.3 Å². The van der Waals surface area contributed by atoms with E-state index in [1.165, 1.54) is 44.9 Å². The molecule has 0 radical (unpaired) electrons. The summed E-state index contributed by atoms with van der Waals surface area (Å²) in [5, 5.41) is 4.15. The van der Waals surface area contributed by atoms with Gasteiger partial charge in [0.1, 0.15) is 0 Å². The Balaban J connectivity index is 1.77. The van der Waals surface area contributed by atoms with Gasteiger partial charge in [0.15, 0.2) is 5.82 Å². The Hall–Kier alpha value is -0.900. The smallest absolute Gasteiger partial charge is 0.246 e. The summed E-state index contributed by atoms with van der Waals surface area (Å²) in [6.07, 6.45) is 8.70. The highest BCUT2D eigenvalue weighted by molar-refractivity contribution is 5.09. The van der Waals surface area contributed by atoms with Crippen molar-refractivity contribution >= 4 is 0 Å². The molecule has 1 unspecified atom stereocenters. The molecule has 17 heavy (non-hydrogen) atoms. The molecule has 0 amide bonds.